The third-order valence-electron chi connectivity index (χ3n) is 3.84. The topological polar surface area (TPSA) is 62.4 Å². The summed E-state index contributed by atoms with van der Waals surface area (Å²) in [6.07, 6.45) is 11.5. The summed E-state index contributed by atoms with van der Waals surface area (Å²) in [5.41, 5.74) is 5.38. The van der Waals surface area contributed by atoms with Crippen molar-refractivity contribution in [2.75, 3.05) is 13.2 Å². The molecule has 128 valence electrons. The summed E-state index contributed by atoms with van der Waals surface area (Å²) in [5, 5.41) is 3.50. The molecule has 5 nitrogen and oxygen atoms in total. The molecule has 1 rings (SSSR count). The highest BCUT2D eigenvalue weighted by atomic mass is 32.1. The SMILES string of the molecule is CCCCCCCCCC(=O)NNC(=S)NCC1CCCO1. The zero-order valence-corrected chi connectivity index (χ0v) is 14.6. The number of rotatable bonds is 10. The van der Waals surface area contributed by atoms with Crippen LogP contribution in [0.1, 0.15) is 71.1 Å². The van der Waals surface area contributed by atoms with Gasteiger partial charge in [0.05, 0.1) is 6.10 Å². The predicted molar refractivity (Wildman–Crippen MR) is 93.5 cm³/mol. The molecule has 1 fully saturated rings. The molecule has 1 aliphatic heterocycles. The molecule has 0 saturated carbocycles. The summed E-state index contributed by atoms with van der Waals surface area (Å²) in [6.45, 7) is 3.75. The predicted octanol–water partition coefficient (Wildman–Crippen LogP) is 2.80. The van der Waals surface area contributed by atoms with E-state index in [1.54, 1.807) is 0 Å². The van der Waals surface area contributed by atoms with Gasteiger partial charge >= 0.3 is 0 Å². The zero-order valence-electron chi connectivity index (χ0n) is 13.8. The summed E-state index contributed by atoms with van der Waals surface area (Å²) in [6, 6.07) is 0. The van der Waals surface area contributed by atoms with Gasteiger partial charge in [-0.3, -0.25) is 15.6 Å². The van der Waals surface area contributed by atoms with Gasteiger partial charge in [0.15, 0.2) is 5.11 Å². The number of hydrogen-bond acceptors (Lipinski definition) is 3. The van der Waals surface area contributed by atoms with Crippen molar-refractivity contribution in [2.24, 2.45) is 0 Å². The van der Waals surface area contributed by atoms with Crippen molar-refractivity contribution < 1.29 is 9.53 Å². The molecule has 0 spiro atoms. The zero-order chi connectivity index (χ0) is 16.0. The van der Waals surface area contributed by atoms with Crippen LogP contribution in [-0.2, 0) is 9.53 Å². The Labute approximate surface area is 139 Å². The average Bonchev–Trinajstić information content (AvgIpc) is 3.03. The maximum absolute atomic E-state index is 11.7. The first-order chi connectivity index (χ1) is 10.7. The Morgan fingerprint density at radius 3 is 2.55 bits per heavy atom. The van der Waals surface area contributed by atoms with Crippen LogP contribution in [0, 0.1) is 0 Å². The Morgan fingerprint density at radius 1 is 1.14 bits per heavy atom. The van der Waals surface area contributed by atoms with Crippen molar-refractivity contribution in [3.8, 4) is 0 Å². The van der Waals surface area contributed by atoms with E-state index < -0.39 is 0 Å². The Bertz CT molecular complexity index is 321. The molecule has 1 aliphatic rings. The standard InChI is InChI=1S/C16H31N3O2S/c1-2-3-4-5-6-7-8-11-15(20)18-19-16(22)17-13-14-10-9-12-21-14/h14H,2-13H2,1H3,(H,18,20)(H2,17,19,22). The molecule has 1 heterocycles. The molecule has 1 saturated heterocycles. The Hall–Kier alpha value is -0.880. The molecule has 1 unspecified atom stereocenters. The number of thiocarbonyl (C=S) groups is 1. The molecule has 22 heavy (non-hydrogen) atoms. The van der Waals surface area contributed by atoms with Gasteiger partial charge in [-0.25, -0.2) is 0 Å². The van der Waals surface area contributed by atoms with Gasteiger partial charge in [0, 0.05) is 19.6 Å². The third-order valence-corrected chi connectivity index (χ3v) is 4.08. The molecule has 0 radical (unpaired) electrons. The lowest BCUT2D eigenvalue weighted by atomic mass is 10.1. The fraction of sp³-hybridized carbons (Fsp3) is 0.875. The minimum Gasteiger partial charge on any atom is -0.376 e. The Balaban J connectivity index is 1.90. The van der Waals surface area contributed by atoms with Crippen molar-refractivity contribution in [1.29, 1.82) is 0 Å². The van der Waals surface area contributed by atoms with Crippen LogP contribution in [-0.4, -0.2) is 30.3 Å². The van der Waals surface area contributed by atoms with Gasteiger partial charge in [-0.15, -0.1) is 0 Å². The van der Waals surface area contributed by atoms with E-state index in [0.29, 0.717) is 18.1 Å². The summed E-state index contributed by atoms with van der Waals surface area (Å²) in [7, 11) is 0. The maximum atomic E-state index is 11.7. The summed E-state index contributed by atoms with van der Waals surface area (Å²) in [5.74, 6) is -0.00479. The highest BCUT2D eigenvalue weighted by Gasteiger charge is 2.15. The maximum Gasteiger partial charge on any atom is 0.238 e. The van der Waals surface area contributed by atoms with Crippen molar-refractivity contribution >= 4 is 23.2 Å². The molecule has 0 aromatic rings. The molecule has 6 heteroatoms. The van der Waals surface area contributed by atoms with Crippen molar-refractivity contribution in [3.63, 3.8) is 0 Å². The normalized spacial score (nSPS) is 17.2. The van der Waals surface area contributed by atoms with Crippen LogP contribution in [0.15, 0.2) is 0 Å². The summed E-state index contributed by atoms with van der Waals surface area (Å²) in [4.78, 5) is 11.7. The molecule has 1 atom stereocenters. The minimum atomic E-state index is -0.00479. The fourth-order valence-electron chi connectivity index (χ4n) is 2.49. The van der Waals surface area contributed by atoms with Gasteiger partial charge in [0.2, 0.25) is 5.91 Å². The number of hydrazine groups is 1. The van der Waals surface area contributed by atoms with Crippen LogP contribution >= 0.6 is 12.2 Å². The summed E-state index contributed by atoms with van der Waals surface area (Å²) >= 11 is 5.11. The molecule has 1 amide bonds. The second kappa shape index (κ2) is 12.6. The molecule has 0 aliphatic carbocycles. The first-order valence-electron chi connectivity index (χ1n) is 8.66. The Kier molecular flexibility index (Phi) is 11.0. The second-order valence-electron chi connectivity index (χ2n) is 5.89. The van der Waals surface area contributed by atoms with E-state index in [0.717, 1.165) is 32.3 Å². The number of ether oxygens (including phenoxy) is 1. The lowest BCUT2D eigenvalue weighted by Crippen LogP contribution is -2.48. The molecule has 0 aromatic heterocycles. The van der Waals surface area contributed by atoms with Gasteiger partial charge in [0.25, 0.3) is 0 Å². The van der Waals surface area contributed by atoms with Crippen LogP contribution < -0.4 is 16.2 Å². The number of carbonyl (C=O) groups is 1. The van der Waals surface area contributed by atoms with E-state index in [1.165, 1.54) is 32.1 Å². The molecular weight excluding hydrogens is 298 g/mol. The largest absolute Gasteiger partial charge is 0.376 e. The van der Waals surface area contributed by atoms with Gasteiger partial charge in [-0.05, 0) is 31.5 Å². The van der Waals surface area contributed by atoms with Gasteiger partial charge < -0.3 is 10.1 Å². The molecule has 3 N–H and O–H groups in total. The van der Waals surface area contributed by atoms with Gasteiger partial charge in [-0.1, -0.05) is 45.4 Å². The number of unbranched alkanes of at least 4 members (excludes halogenated alkanes) is 6. The Morgan fingerprint density at radius 2 is 1.86 bits per heavy atom. The van der Waals surface area contributed by atoms with E-state index in [-0.39, 0.29) is 12.0 Å². The molecule has 0 bridgehead atoms. The van der Waals surface area contributed by atoms with E-state index in [9.17, 15) is 4.79 Å². The van der Waals surface area contributed by atoms with Crippen LogP contribution in [0.3, 0.4) is 0 Å². The fourth-order valence-corrected chi connectivity index (χ4v) is 2.62. The van der Waals surface area contributed by atoms with E-state index in [4.69, 9.17) is 17.0 Å². The van der Waals surface area contributed by atoms with E-state index in [1.807, 2.05) is 0 Å². The lowest BCUT2D eigenvalue weighted by molar-refractivity contribution is -0.121. The average molecular weight is 330 g/mol. The number of amides is 1. The van der Waals surface area contributed by atoms with Crippen molar-refractivity contribution in [2.45, 2.75) is 77.2 Å². The quantitative estimate of drug-likeness (QED) is 0.327. The molecular formula is C16H31N3O2S. The minimum absolute atomic E-state index is 0.00479. The number of hydrogen-bond donors (Lipinski definition) is 3. The molecule has 0 aromatic carbocycles. The first-order valence-corrected chi connectivity index (χ1v) is 9.07. The van der Waals surface area contributed by atoms with E-state index >= 15 is 0 Å². The van der Waals surface area contributed by atoms with Crippen molar-refractivity contribution in [3.05, 3.63) is 0 Å². The highest BCUT2D eigenvalue weighted by Crippen LogP contribution is 2.10. The summed E-state index contributed by atoms with van der Waals surface area (Å²) < 4.78 is 5.49. The van der Waals surface area contributed by atoms with E-state index in [2.05, 4.69) is 23.1 Å². The number of nitrogens with one attached hydrogen (secondary N) is 3. The van der Waals surface area contributed by atoms with Crippen LogP contribution in [0.4, 0.5) is 0 Å². The number of carbonyl (C=O) groups excluding carboxylic acids is 1. The van der Waals surface area contributed by atoms with Crippen LogP contribution in [0.5, 0.6) is 0 Å². The van der Waals surface area contributed by atoms with Gasteiger partial charge in [0.1, 0.15) is 0 Å². The first kappa shape index (κ1) is 19.2. The third kappa shape index (κ3) is 9.95. The monoisotopic (exact) mass is 329 g/mol. The second-order valence-corrected chi connectivity index (χ2v) is 6.30. The van der Waals surface area contributed by atoms with Crippen molar-refractivity contribution in [1.82, 2.24) is 16.2 Å². The smallest absolute Gasteiger partial charge is 0.238 e. The van der Waals surface area contributed by atoms with Gasteiger partial charge in [-0.2, -0.15) is 0 Å². The highest BCUT2D eigenvalue weighted by molar-refractivity contribution is 7.80. The van der Waals surface area contributed by atoms with Crippen LogP contribution in [0.2, 0.25) is 0 Å². The lowest BCUT2D eigenvalue weighted by Gasteiger charge is -2.14. The van der Waals surface area contributed by atoms with Crippen LogP contribution in [0.25, 0.3) is 0 Å².